The van der Waals surface area contributed by atoms with Gasteiger partial charge in [-0.15, -0.1) is 0 Å². The fourth-order valence-electron chi connectivity index (χ4n) is 6.12. The van der Waals surface area contributed by atoms with Crippen molar-refractivity contribution in [2.24, 2.45) is 22.6 Å². The van der Waals surface area contributed by atoms with Gasteiger partial charge in [-0.1, -0.05) is 32.0 Å². The Hall–Kier alpha value is -3.99. The van der Waals surface area contributed by atoms with Crippen molar-refractivity contribution in [3.63, 3.8) is 0 Å². The van der Waals surface area contributed by atoms with Gasteiger partial charge in [0.25, 0.3) is 0 Å². The molecule has 1 saturated heterocycles. The molecule has 0 bridgehead atoms. The largest absolute Gasteiger partial charge is 0.496 e. The Morgan fingerprint density at radius 2 is 1.91 bits per heavy atom. The summed E-state index contributed by atoms with van der Waals surface area (Å²) < 4.78 is 45.9. The number of amidine groups is 1. The minimum Gasteiger partial charge on any atom is -0.496 e. The number of benzene rings is 2. The Labute approximate surface area is 249 Å². The molecule has 3 aliphatic heterocycles. The topological polar surface area (TPSA) is 103 Å². The zero-order chi connectivity index (χ0) is 31.1. The molecule has 0 aliphatic carbocycles. The van der Waals surface area contributed by atoms with Crippen LogP contribution in [-0.2, 0) is 16.6 Å². The molecule has 1 fully saturated rings. The number of halogens is 3. The summed E-state index contributed by atoms with van der Waals surface area (Å²) in [5.74, 6) is 1.27. The highest BCUT2D eigenvalue weighted by molar-refractivity contribution is 6.05. The Bertz CT molecular complexity index is 1480. The maximum Gasteiger partial charge on any atom is 0.416 e. The molecule has 3 heterocycles. The fraction of sp³-hybridized carbons (Fsp3) is 0.438. The lowest BCUT2D eigenvalue weighted by atomic mass is 9.86. The molecule has 230 valence electrons. The summed E-state index contributed by atoms with van der Waals surface area (Å²) in [6.45, 7) is 6.89. The van der Waals surface area contributed by atoms with E-state index in [4.69, 9.17) is 10.5 Å². The standard InChI is InChI=1S/C32H38F3N5O3/c1-19(2)15-26(41)39-13-6-7-20(18-39)30-38-27(28-29(36)37-12-14-40(28)30)24-11-10-22(17-25(24)43-4)31(3,42)21-8-5-9-23(16-21)32(33,34)35/h5,8-12,14,16-17,19-20,30,38,42H,6-7,13,15,18H2,1-4H3,(H2,36,37). The van der Waals surface area contributed by atoms with Crippen molar-refractivity contribution in [1.82, 2.24) is 15.1 Å². The molecule has 3 atom stereocenters. The summed E-state index contributed by atoms with van der Waals surface area (Å²) in [6, 6.07) is 9.73. The van der Waals surface area contributed by atoms with Crippen LogP contribution in [0.1, 0.15) is 62.3 Å². The number of hydrogen-bond acceptors (Lipinski definition) is 7. The van der Waals surface area contributed by atoms with Gasteiger partial charge in [-0.3, -0.25) is 4.79 Å². The Morgan fingerprint density at radius 1 is 1.19 bits per heavy atom. The number of nitrogens with zero attached hydrogens (tertiary/aromatic N) is 3. The normalized spacial score (nSPS) is 21.8. The van der Waals surface area contributed by atoms with Gasteiger partial charge < -0.3 is 30.7 Å². The van der Waals surface area contributed by atoms with Gasteiger partial charge in [0.2, 0.25) is 5.91 Å². The van der Waals surface area contributed by atoms with Crippen LogP contribution in [-0.4, -0.2) is 53.0 Å². The first-order valence-corrected chi connectivity index (χ1v) is 14.5. The first kappa shape index (κ1) is 30.5. The highest BCUT2D eigenvalue weighted by Crippen LogP contribution is 2.41. The van der Waals surface area contributed by atoms with Crippen LogP contribution in [0.25, 0.3) is 5.70 Å². The van der Waals surface area contributed by atoms with Crippen LogP contribution in [0.15, 0.2) is 65.6 Å². The molecule has 8 nitrogen and oxygen atoms in total. The number of hydrogen-bond donors (Lipinski definition) is 3. The Morgan fingerprint density at radius 3 is 2.60 bits per heavy atom. The third-order valence-corrected chi connectivity index (χ3v) is 8.40. The number of methoxy groups -OCH3 is 1. The number of alkyl halides is 3. The molecule has 0 radical (unpaired) electrons. The predicted octanol–water partition coefficient (Wildman–Crippen LogP) is 5.00. The van der Waals surface area contributed by atoms with Crippen LogP contribution in [0.3, 0.4) is 0 Å². The van der Waals surface area contributed by atoms with Crippen LogP contribution >= 0.6 is 0 Å². The quantitative estimate of drug-likeness (QED) is 0.416. The highest BCUT2D eigenvalue weighted by Gasteiger charge is 2.41. The van der Waals surface area contributed by atoms with Gasteiger partial charge >= 0.3 is 6.18 Å². The molecule has 2 aromatic rings. The van der Waals surface area contributed by atoms with Gasteiger partial charge in [0.05, 0.1) is 18.4 Å². The summed E-state index contributed by atoms with van der Waals surface area (Å²) in [7, 11) is 1.49. The minimum absolute atomic E-state index is 0.104. The molecule has 3 unspecified atom stereocenters. The summed E-state index contributed by atoms with van der Waals surface area (Å²) in [5, 5.41) is 15.1. The van der Waals surface area contributed by atoms with E-state index >= 15 is 0 Å². The smallest absolute Gasteiger partial charge is 0.416 e. The van der Waals surface area contributed by atoms with Crippen molar-refractivity contribution in [3.8, 4) is 5.75 Å². The number of carbonyl (C=O) groups is 1. The first-order valence-electron chi connectivity index (χ1n) is 14.5. The lowest BCUT2D eigenvalue weighted by Crippen LogP contribution is -2.50. The molecule has 4 N–H and O–H groups in total. The van der Waals surface area contributed by atoms with E-state index in [1.165, 1.54) is 26.2 Å². The van der Waals surface area contributed by atoms with E-state index in [0.717, 1.165) is 31.5 Å². The summed E-state index contributed by atoms with van der Waals surface area (Å²) >= 11 is 0. The highest BCUT2D eigenvalue weighted by atomic mass is 19.4. The average molecular weight is 598 g/mol. The van der Waals surface area contributed by atoms with Gasteiger partial charge in [0, 0.05) is 43.4 Å². The van der Waals surface area contributed by atoms with Gasteiger partial charge in [-0.25, -0.2) is 4.99 Å². The van der Waals surface area contributed by atoms with Crippen LogP contribution < -0.4 is 15.8 Å². The number of rotatable bonds is 7. The number of fused-ring (bicyclic) bond motifs is 1. The van der Waals surface area contributed by atoms with Crippen LogP contribution in [0.5, 0.6) is 5.75 Å². The fourth-order valence-corrected chi connectivity index (χ4v) is 6.12. The number of aliphatic imine (C=N–C) groups is 1. The Kier molecular flexibility index (Phi) is 8.22. The molecule has 1 amide bonds. The summed E-state index contributed by atoms with van der Waals surface area (Å²) in [4.78, 5) is 21.2. The van der Waals surface area contributed by atoms with Crippen molar-refractivity contribution in [2.75, 3.05) is 20.2 Å². The summed E-state index contributed by atoms with van der Waals surface area (Å²) in [6.07, 6.45) is 1.10. The number of amides is 1. The van der Waals surface area contributed by atoms with E-state index in [9.17, 15) is 23.1 Å². The zero-order valence-electron chi connectivity index (χ0n) is 24.8. The number of piperidine rings is 1. The molecule has 43 heavy (non-hydrogen) atoms. The molecule has 11 heteroatoms. The third kappa shape index (κ3) is 5.95. The molecule has 0 spiro atoms. The van der Waals surface area contributed by atoms with E-state index < -0.39 is 17.3 Å². The molecular formula is C32H38F3N5O3. The third-order valence-electron chi connectivity index (χ3n) is 8.40. The number of ether oxygens (including phenoxy) is 1. The van der Waals surface area contributed by atoms with Crippen molar-refractivity contribution in [1.29, 1.82) is 0 Å². The van der Waals surface area contributed by atoms with Crippen molar-refractivity contribution in [3.05, 3.63) is 82.8 Å². The molecule has 0 saturated carbocycles. The molecule has 3 aliphatic rings. The van der Waals surface area contributed by atoms with Crippen LogP contribution in [0, 0.1) is 11.8 Å². The number of aliphatic hydroxyl groups is 1. The molecule has 0 aromatic heterocycles. The monoisotopic (exact) mass is 597 g/mol. The van der Waals surface area contributed by atoms with E-state index in [2.05, 4.69) is 10.3 Å². The van der Waals surface area contributed by atoms with Gasteiger partial charge in [-0.2, -0.15) is 13.2 Å². The zero-order valence-corrected chi connectivity index (χ0v) is 24.8. The molecule has 5 rings (SSSR count). The van der Waals surface area contributed by atoms with Gasteiger partial charge in [0.1, 0.15) is 29.0 Å². The molecule has 2 aromatic carbocycles. The van der Waals surface area contributed by atoms with Crippen LogP contribution in [0.4, 0.5) is 13.2 Å². The first-order chi connectivity index (χ1) is 20.3. The lowest BCUT2D eigenvalue weighted by molar-refractivity contribution is -0.137. The summed E-state index contributed by atoms with van der Waals surface area (Å²) in [5.41, 5.74) is 6.32. The Balaban J connectivity index is 1.47. The van der Waals surface area contributed by atoms with Crippen molar-refractivity contribution >= 4 is 17.4 Å². The maximum atomic E-state index is 13.4. The van der Waals surface area contributed by atoms with E-state index in [0.29, 0.717) is 47.1 Å². The van der Waals surface area contributed by atoms with Crippen molar-refractivity contribution < 1.29 is 27.8 Å². The number of nitrogens with two attached hydrogens (primary N) is 1. The second-order valence-corrected chi connectivity index (χ2v) is 11.9. The number of nitrogens with one attached hydrogen (secondary N) is 1. The number of likely N-dealkylation sites (tertiary alicyclic amines) is 1. The van der Waals surface area contributed by atoms with E-state index in [1.807, 2.05) is 29.8 Å². The maximum absolute atomic E-state index is 13.4. The number of carbonyl (C=O) groups excluding carboxylic acids is 1. The SMILES string of the molecule is COc1cc(C(C)(O)c2cccc(C(F)(F)F)c2)ccc1C1=C2C(N)=NC=CN2C(C2CCCN(C(=O)CC(C)C)C2)N1. The van der Waals surface area contributed by atoms with Gasteiger partial charge in [-0.05, 0) is 61.1 Å². The second kappa shape index (κ2) is 11.6. The molecular weight excluding hydrogens is 559 g/mol. The second-order valence-electron chi connectivity index (χ2n) is 11.9. The van der Waals surface area contributed by atoms with Crippen molar-refractivity contribution in [2.45, 2.75) is 58.0 Å². The van der Waals surface area contributed by atoms with E-state index in [1.54, 1.807) is 24.4 Å². The van der Waals surface area contributed by atoms with E-state index in [-0.39, 0.29) is 29.5 Å². The average Bonchev–Trinajstić information content (AvgIpc) is 3.37. The minimum atomic E-state index is -4.54. The predicted molar refractivity (Wildman–Crippen MR) is 158 cm³/mol. The lowest BCUT2D eigenvalue weighted by Gasteiger charge is -2.39. The van der Waals surface area contributed by atoms with Crippen LogP contribution in [0.2, 0.25) is 0 Å². The van der Waals surface area contributed by atoms with Gasteiger partial charge in [0.15, 0.2) is 0 Å².